The molecule has 0 radical (unpaired) electrons. The number of carbonyl (C=O) groups excluding carboxylic acids is 2. The van der Waals surface area contributed by atoms with Crippen molar-refractivity contribution in [3.05, 3.63) is 76.5 Å². The van der Waals surface area contributed by atoms with Gasteiger partial charge in [-0.05, 0) is 86.3 Å². The minimum atomic E-state index is -0.206. The quantitative estimate of drug-likeness (QED) is 0.497. The number of thiophene rings is 1. The lowest BCUT2D eigenvalue weighted by atomic mass is 10.2. The molecule has 7 heteroatoms. The van der Waals surface area contributed by atoms with E-state index < -0.39 is 0 Å². The Morgan fingerprint density at radius 1 is 1.03 bits per heavy atom. The zero-order chi connectivity index (χ0) is 22.3. The van der Waals surface area contributed by atoms with E-state index in [2.05, 4.69) is 33.0 Å². The number of ether oxygens (including phenoxy) is 1. The Labute approximate surface area is 192 Å². The summed E-state index contributed by atoms with van der Waals surface area (Å²) >= 11 is 1.75. The molecule has 2 amide bonds. The van der Waals surface area contributed by atoms with Crippen LogP contribution in [0.3, 0.4) is 0 Å². The van der Waals surface area contributed by atoms with E-state index in [1.165, 1.54) is 4.88 Å². The van der Waals surface area contributed by atoms with Crippen molar-refractivity contribution in [1.29, 1.82) is 0 Å². The van der Waals surface area contributed by atoms with Crippen LogP contribution in [0.1, 0.15) is 41.0 Å². The van der Waals surface area contributed by atoms with Gasteiger partial charge < -0.3 is 15.4 Å². The predicted octanol–water partition coefficient (Wildman–Crippen LogP) is 5.17. The minimum absolute atomic E-state index is 0.0416. The van der Waals surface area contributed by atoms with Crippen molar-refractivity contribution >= 4 is 34.5 Å². The predicted molar refractivity (Wildman–Crippen MR) is 129 cm³/mol. The van der Waals surface area contributed by atoms with Crippen LogP contribution >= 0.6 is 11.3 Å². The summed E-state index contributed by atoms with van der Waals surface area (Å²) in [7, 11) is 0. The molecule has 2 heterocycles. The lowest BCUT2D eigenvalue weighted by Gasteiger charge is -2.22. The van der Waals surface area contributed by atoms with E-state index in [0.29, 0.717) is 36.1 Å². The molecule has 2 N–H and O–H groups in total. The molecule has 32 heavy (non-hydrogen) atoms. The van der Waals surface area contributed by atoms with Crippen molar-refractivity contribution in [1.82, 2.24) is 4.90 Å². The fraction of sp³-hybridized carbons (Fsp3) is 0.280. The van der Waals surface area contributed by atoms with Gasteiger partial charge in [-0.3, -0.25) is 14.5 Å². The standard InChI is InChI=1S/C25H27N3O3S/c1-2-31-21-13-11-20(12-14-21)27-25(30)18-7-9-19(10-8-18)26-24(29)17-28-15-3-5-22(28)23-6-4-16-32-23/h4,6-14,16,22H,2-3,5,15,17H2,1H3,(H,26,29)(H,27,30). The molecule has 1 aromatic heterocycles. The molecule has 3 aromatic rings. The molecule has 0 spiro atoms. The van der Waals surface area contributed by atoms with Crippen molar-refractivity contribution in [3.63, 3.8) is 0 Å². The first-order valence-corrected chi connectivity index (χ1v) is 11.7. The van der Waals surface area contributed by atoms with Crippen LogP contribution in [0.15, 0.2) is 66.0 Å². The van der Waals surface area contributed by atoms with Crippen LogP contribution in [-0.4, -0.2) is 36.4 Å². The minimum Gasteiger partial charge on any atom is -0.494 e. The molecule has 1 aliphatic heterocycles. The van der Waals surface area contributed by atoms with Gasteiger partial charge in [0.15, 0.2) is 0 Å². The van der Waals surface area contributed by atoms with E-state index in [-0.39, 0.29) is 11.8 Å². The Morgan fingerprint density at radius 2 is 1.75 bits per heavy atom. The fourth-order valence-electron chi connectivity index (χ4n) is 3.91. The first-order valence-electron chi connectivity index (χ1n) is 10.8. The fourth-order valence-corrected chi connectivity index (χ4v) is 4.81. The molecule has 1 fully saturated rings. The molecule has 1 unspecified atom stereocenters. The average molecular weight is 450 g/mol. The lowest BCUT2D eigenvalue weighted by molar-refractivity contribution is -0.117. The summed E-state index contributed by atoms with van der Waals surface area (Å²) in [6.07, 6.45) is 2.19. The second kappa shape index (κ2) is 10.4. The van der Waals surface area contributed by atoms with E-state index >= 15 is 0 Å². The maximum absolute atomic E-state index is 12.6. The summed E-state index contributed by atoms with van der Waals surface area (Å²) in [4.78, 5) is 28.6. The highest BCUT2D eigenvalue weighted by Gasteiger charge is 2.28. The largest absolute Gasteiger partial charge is 0.494 e. The van der Waals surface area contributed by atoms with Crippen molar-refractivity contribution in [2.45, 2.75) is 25.8 Å². The molecule has 4 rings (SSSR count). The number of hydrogen-bond donors (Lipinski definition) is 2. The number of nitrogens with zero attached hydrogens (tertiary/aromatic N) is 1. The third-order valence-corrected chi connectivity index (χ3v) is 6.41. The monoisotopic (exact) mass is 449 g/mol. The second-order valence-electron chi connectivity index (χ2n) is 7.68. The van der Waals surface area contributed by atoms with E-state index in [1.54, 1.807) is 47.7 Å². The molecule has 0 saturated carbocycles. The maximum Gasteiger partial charge on any atom is 0.255 e. The van der Waals surface area contributed by atoms with Crippen LogP contribution < -0.4 is 15.4 Å². The summed E-state index contributed by atoms with van der Waals surface area (Å²) in [6, 6.07) is 18.7. The van der Waals surface area contributed by atoms with Gasteiger partial charge in [-0.15, -0.1) is 11.3 Å². The highest BCUT2D eigenvalue weighted by atomic mass is 32.1. The smallest absolute Gasteiger partial charge is 0.255 e. The molecule has 0 aliphatic carbocycles. The summed E-state index contributed by atoms with van der Waals surface area (Å²) < 4.78 is 5.41. The van der Waals surface area contributed by atoms with Crippen LogP contribution in [0.2, 0.25) is 0 Å². The second-order valence-corrected chi connectivity index (χ2v) is 8.66. The van der Waals surface area contributed by atoms with E-state index in [0.717, 1.165) is 25.1 Å². The highest BCUT2D eigenvalue weighted by molar-refractivity contribution is 7.10. The molecule has 1 aliphatic rings. The van der Waals surface area contributed by atoms with E-state index in [4.69, 9.17) is 4.74 Å². The van der Waals surface area contributed by atoms with Gasteiger partial charge in [-0.2, -0.15) is 0 Å². The molecular formula is C25H27N3O3S. The summed E-state index contributed by atoms with van der Waals surface area (Å²) in [5, 5.41) is 7.90. The zero-order valence-electron chi connectivity index (χ0n) is 18.0. The Hall–Kier alpha value is -3.16. The molecule has 166 valence electrons. The lowest BCUT2D eigenvalue weighted by Crippen LogP contribution is -2.32. The molecule has 6 nitrogen and oxygen atoms in total. The van der Waals surface area contributed by atoms with Crippen LogP contribution in [0, 0.1) is 0 Å². The number of rotatable bonds is 8. The molecule has 0 bridgehead atoms. The zero-order valence-corrected chi connectivity index (χ0v) is 18.9. The van der Waals surface area contributed by atoms with Crippen molar-refractivity contribution in [2.75, 3.05) is 30.3 Å². The Bertz CT molecular complexity index is 1030. The van der Waals surface area contributed by atoms with Crippen molar-refractivity contribution in [2.24, 2.45) is 0 Å². The Balaban J connectivity index is 1.30. The van der Waals surface area contributed by atoms with Gasteiger partial charge in [-0.25, -0.2) is 0 Å². The third kappa shape index (κ3) is 5.55. The number of nitrogens with one attached hydrogen (secondary N) is 2. The first kappa shape index (κ1) is 22.0. The third-order valence-electron chi connectivity index (χ3n) is 5.44. The van der Waals surface area contributed by atoms with Gasteiger partial charge >= 0.3 is 0 Å². The van der Waals surface area contributed by atoms with Crippen LogP contribution in [0.25, 0.3) is 0 Å². The molecule has 1 saturated heterocycles. The summed E-state index contributed by atoms with van der Waals surface area (Å²) in [6.45, 7) is 3.82. The topological polar surface area (TPSA) is 70.7 Å². The Morgan fingerprint density at radius 3 is 2.44 bits per heavy atom. The SMILES string of the molecule is CCOc1ccc(NC(=O)c2ccc(NC(=O)CN3CCCC3c3cccs3)cc2)cc1. The van der Waals surface area contributed by atoms with Crippen LogP contribution in [0.5, 0.6) is 5.75 Å². The van der Waals surface area contributed by atoms with Gasteiger partial charge in [-0.1, -0.05) is 6.07 Å². The number of benzene rings is 2. The van der Waals surface area contributed by atoms with Crippen molar-refractivity contribution in [3.8, 4) is 5.75 Å². The van der Waals surface area contributed by atoms with Gasteiger partial charge in [0.2, 0.25) is 5.91 Å². The van der Waals surface area contributed by atoms with Crippen molar-refractivity contribution < 1.29 is 14.3 Å². The summed E-state index contributed by atoms with van der Waals surface area (Å²) in [5.41, 5.74) is 1.90. The molecule has 1 atom stereocenters. The average Bonchev–Trinajstić information content (AvgIpc) is 3.47. The normalized spacial score (nSPS) is 16.0. The van der Waals surface area contributed by atoms with Gasteiger partial charge in [0.1, 0.15) is 5.75 Å². The maximum atomic E-state index is 12.6. The highest BCUT2D eigenvalue weighted by Crippen LogP contribution is 2.34. The first-order chi connectivity index (χ1) is 15.6. The van der Waals surface area contributed by atoms with Gasteiger partial charge in [0.25, 0.3) is 5.91 Å². The number of hydrogen-bond acceptors (Lipinski definition) is 5. The Kier molecular flexibility index (Phi) is 7.19. The number of anilines is 2. The number of amides is 2. The van der Waals surface area contributed by atoms with Gasteiger partial charge in [0, 0.05) is 27.9 Å². The molecule has 2 aromatic carbocycles. The van der Waals surface area contributed by atoms with Crippen LogP contribution in [-0.2, 0) is 4.79 Å². The van der Waals surface area contributed by atoms with E-state index in [1.807, 2.05) is 19.1 Å². The van der Waals surface area contributed by atoms with E-state index in [9.17, 15) is 9.59 Å². The number of carbonyl (C=O) groups is 2. The van der Waals surface area contributed by atoms with Crippen LogP contribution in [0.4, 0.5) is 11.4 Å². The number of likely N-dealkylation sites (tertiary alicyclic amines) is 1. The molecular weight excluding hydrogens is 422 g/mol. The summed E-state index contributed by atoms with van der Waals surface area (Å²) in [5.74, 6) is 0.518. The van der Waals surface area contributed by atoms with Gasteiger partial charge in [0.05, 0.1) is 13.2 Å².